The zero-order valence-electron chi connectivity index (χ0n) is 13.7. The second kappa shape index (κ2) is 7.59. The molecule has 0 aliphatic carbocycles. The molecule has 0 bridgehead atoms. The second-order valence-corrected chi connectivity index (χ2v) is 5.78. The van der Waals surface area contributed by atoms with Crippen LogP contribution in [0.2, 0.25) is 0 Å². The van der Waals surface area contributed by atoms with Crippen LogP contribution in [-0.2, 0) is 9.59 Å². The van der Waals surface area contributed by atoms with Crippen molar-refractivity contribution in [3.05, 3.63) is 70.8 Å². The van der Waals surface area contributed by atoms with Crippen LogP contribution in [0, 0.1) is 13.8 Å². The maximum atomic E-state index is 12.0. The van der Waals surface area contributed by atoms with E-state index < -0.39 is 36.0 Å². The first-order valence-corrected chi connectivity index (χ1v) is 7.62. The maximum Gasteiger partial charge on any atom is 0.206 e. The molecule has 0 atom stereocenters. The molecule has 4 heteroatoms. The normalized spacial score (nSPS) is 10.2. The van der Waals surface area contributed by atoms with Crippen molar-refractivity contribution in [2.45, 2.75) is 26.7 Å². The van der Waals surface area contributed by atoms with E-state index in [1.54, 1.807) is 48.5 Å². The smallest absolute Gasteiger partial charge is 0.206 e. The van der Waals surface area contributed by atoms with Gasteiger partial charge >= 0.3 is 0 Å². The molecule has 0 unspecified atom stereocenters. The van der Waals surface area contributed by atoms with Crippen LogP contribution in [0.5, 0.6) is 0 Å². The topological polar surface area (TPSA) is 68.3 Å². The predicted molar refractivity (Wildman–Crippen MR) is 90.3 cm³/mol. The number of carbonyl (C=O) groups excluding carboxylic acids is 4. The summed E-state index contributed by atoms with van der Waals surface area (Å²) in [4.78, 5) is 47.8. The molecule has 0 saturated heterocycles. The molecular formula is C20H18O4. The standard InChI is InChI=1S/C20H18O4/c1-13-3-7-15(8-4-13)17(21)11-19(23)20(24)12-18(22)16-9-5-14(2)6-10-16/h3-10H,11-12H2,1-2H3. The molecule has 2 rings (SSSR count). The van der Waals surface area contributed by atoms with Crippen LogP contribution in [0.1, 0.15) is 44.7 Å². The van der Waals surface area contributed by atoms with Gasteiger partial charge in [-0.05, 0) is 13.8 Å². The van der Waals surface area contributed by atoms with Crippen molar-refractivity contribution in [2.24, 2.45) is 0 Å². The summed E-state index contributed by atoms with van der Waals surface area (Å²) in [7, 11) is 0. The quantitative estimate of drug-likeness (QED) is 0.445. The van der Waals surface area contributed by atoms with Crippen LogP contribution >= 0.6 is 0 Å². The van der Waals surface area contributed by atoms with Gasteiger partial charge in [-0.15, -0.1) is 0 Å². The van der Waals surface area contributed by atoms with Crippen molar-refractivity contribution in [3.8, 4) is 0 Å². The molecule has 24 heavy (non-hydrogen) atoms. The SMILES string of the molecule is Cc1ccc(C(=O)CC(=O)C(=O)CC(=O)c2ccc(C)cc2)cc1. The largest absolute Gasteiger partial charge is 0.294 e. The molecule has 0 N–H and O–H groups in total. The molecule has 2 aromatic carbocycles. The number of benzene rings is 2. The summed E-state index contributed by atoms with van der Waals surface area (Å²) < 4.78 is 0. The van der Waals surface area contributed by atoms with Crippen molar-refractivity contribution in [3.63, 3.8) is 0 Å². The first-order chi connectivity index (χ1) is 11.4. The Labute approximate surface area is 140 Å². The highest BCUT2D eigenvalue weighted by molar-refractivity contribution is 6.44. The highest BCUT2D eigenvalue weighted by atomic mass is 16.2. The summed E-state index contributed by atoms with van der Waals surface area (Å²) in [5.41, 5.74) is 2.76. The van der Waals surface area contributed by atoms with Crippen LogP contribution in [0.3, 0.4) is 0 Å². The minimum absolute atomic E-state index is 0.381. The third-order valence-electron chi connectivity index (χ3n) is 3.70. The van der Waals surface area contributed by atoms with Gasteiger partial charge < -0.3 is 0 Å². The molecule has 0 saturated carbocycles. The van der Waals surface area contributed by atoms with E-state index in [0.29, 0.717) is 11.1 Å². The van der Waals surface area contributed by atoms with Crippen molar-refractivity contribution in [2.75, 3.05) is 0 Å². The summed E-state index contributed by atoms with van der Waals surface area (Å²) >= 11 is 0. The average Bonchev–Trinajstić information content (AvgIpc) is 2.55. The molecule has 0 aliphatic rings. The van der Waals surface area contributed by atoms with Gasteiger partial charge in [-0.1, -0.05) is 59.7 Å². The lowest BCUT2D eigenvalue weighted by Crippen LogP contribution is -2.21. The molecule has 0 spiro atoms. The zero-order valence-corrected chi connectivity index (χ0v) is 13.7. The Morgan fingerprint density at radius 2 is 0.875 bits per heavy atom. The Morgan fingerprint density at radius 3 is 1.17 bits per heavy atom. The number of hydrogen-bond donors (Lipinski definition) is 0. The predicted octanol–water partition coefficient (Wildman–Crippen LogP) is 3.29. The fourth-order valence-corrected chi connectivity index (χ4v) is 2.17. The third kappa shape index (κ3) is 4.56. The van der Waals surface area contributed by atoms with E-state index in [2.05, 4.69) is 0 Å². The lowest BCUT2D eigenvalue weighted by Gasteiger charge is -2.02. The van der Waals surface area contributed by atoms with E-state index in [0.717, 1.165) is 11.1 Å². The molecule has 0 aliphatic heterocycles. The van der Waals surface area contributed by atoms with Crippen LogP contribution in [0.15, 0.2) is 48.5 Å². The summed E-state index contributed by atoms with van der Waals surface area (Å²) in [5.74, 6) is -2.51. The first-order valence-electron chi connectivity index (χ1n) is 7.62. The van der Waals surface area contributed by atoms with E-state index in [9.17, 15) is 19.2 Å². The highest BCUT2D eigenvalue weighted by Gasteiger charge is 2.22. The number of carbonyl (C=O) groups is 4. The summed E-state index contributed by atoms with van der Waals surface area (Å²) in [6, 6.07) is 13.5. The Kier molecular flexibility index (Phi) is 5.53. The third-order valence-corrected chi connectivity index (χ3v) is 3.70. The first kappa shape index (κ1) is 17.5. The van der Waals surface area contributed by atoms with E-state index in [-0.39, 0.29) is 0 Å². The molecule has 0 aromatic heterocycles. The Bertz CT molecular complexity index is 714. The van der Waals surface area contributed by atoms with Gasteiger partial charge in [-0.3, -0.25) is 19.2 Å². The average molecular weight is 322 g/mol. The maximum absolute atomic E-state index is 12.0. The fraction of sp³-hybridized carbons (Fsp3) is 0.200. The van der Waals surface area contributed by atoms with Gasteiger partial charge in [0, 0.05) is 11.1 Å². The minimum atomic E-state index is -0.832. The van der Waals surface area contributed by atoms with Crippen LogP contribution in [-0.4, -0.2) is 23.1 Å². The fourth-order valence-electron chi connectivity index (χ4n) is 2.17. The molecule has 0 amide bonds. The zero-order chi connectivity index (χ0) is 17.7. The van der Waals surface area contributed by atoms with Gasteiger partial charge in [-0.2, -0.15) is 0 Å². The van der Waals surface area contributed by atoms with E-state index in [1.165, 1.54) is 0 Å². The number of Topliss-reactive ketones (excluding diaryl/α,β-unsaturated/α-hetero) is 4. The summed E-state index contributed by atoms with van der Waals surface area (Å²) in [6.07, 6.45) is -1.02. The van der Waals surface area contributed by atoms with Crippen molar-refractivity contribution >= 4 is 23.1 Å². The highest BCUT2D eigenvalue weighted by Crippen LogP contribution is 2.09. The van der Waals surface area contributed by atoms with Crippen molar-refractivity contribution < 1.29 is 19.2 Å². The van der Waals surface area contributed by atoms with Crippen molar-refractivity contribution in [1.82, 2.24) is 0 Å². The Morgan fingerprint density at radius 1 is 0.583 bits per heavy atom. The van der Waals surface area contributed by atoms with Gasteiger partial charge in [0.05, 0.1) is 12.8 Å². The molecule has 0 radical (unpaired) electrons. The van der Waals surface area contributed by atoms with Crippen LogP contribution in [0.25, 0.3) is 0 Å². The van der Waals surface area contributed by atoms with Crippen LogP contribution in [0.4, 0.5) is 0 Å². The van der Waals surface area contributed by atoms with E-state index in [1.807, 2.05) is 13.8 Å². The summed E-state index contributed by atoms with van der Waals surface area (Å²) in [6.45, 7) is 3.78. The number of hydrogen-bond acceptors (Lipinski definition) is 4. The van der Waals surface area contributed by atoms with E-state index in [4.69, 9.17) is 0 Å². The molecular weight excluding hydrogens is 304 g/mol. The Hall–Kier alpha value is -2.88. The second-order valence-electron chi connectivity index (χ2n) is 5.78. The van der Waals surface area contributed by atoms with Gasteiger partial charge in [0.25, 0.3) is 0 Å². The molecule has 0 fully saturated rings. The molecule has 2 aromatic rings. The molecule has 4 nitrogen and oxygen atoms in total. The molecule has 122 valence electrons. The monoisotopic (exact) mass is 322 g/mol. The van der Waals surface area contributed by atoms with Gasteiger partial charge in [0.15, 0.2) is 11.6 Å². The number of aryl methyl sites for hydroxylation is 2. The Balaban J connectivity index is 1.95. The lowest BCUT2D eigenvalue weighted by molar-refractivity contribution is -0.135. The minimum Gasteiger partial charge on any atom is -0.294 e. The molecule has 0 heterocycles. The van der Waals surface area contributed by atoms with Gasteiger partial charge in [0.1, 0.15) is 0 Å². The van der Waals surface area contributed by atoms with Crippen molar-refractivity contribution in [1.29, 1.82) is 0 Å². The number of ketones is 4. The number of rotatable bonds is 7. The summed E-state index contributed by atoms with van der Waals surface area (Å²) in [5, 5.41) is 0. The van der Waals surface area contributed by atoms with Gasteiger partial charge in [0.2, 0.25) is 11.6 Å². The lowest BCUT2D eigenvalue weighted by atomic mass is 9.99. The van der Waals surface area contributed by atoms with Crippen LogP contribution < -0.4 is 0 Å². The van der Waals surface area contributed by atoms with E-state index >= 15 is 0 Å². The van der Waals surface area contributed by atoms with Gasteiger partial charge in [-0.25, -0.2) is 0 Å².